The van der Waals surface area contributed by atoms with E-state index < -0.39 is 0 Å². The van der Waals surface area contributed by atoms with Crippen molar-refractivity contribution in [3.8, 4) is 5.69 Å². The molecular formula is C15H19N5O. The van der Waals surface area contributed by atoms with Crippen LogP contribution in [0.2, 0.25) is 0 Å². The molecule has 3 rings (SSSR count). The van der Waals surface area contributed by atoms with Gasteiger partial charge in [-0.2, -0.15) is 0 Å². The van der Waals surface area contributed by atoms with Crippen LogP contribution in [0.25, 0.3) is 5.69 Å². The number of aromatic nitrogens is 4. The molecule has 6 heteroatoms. The maximum atomic E-state index is 12.3. The van der Waals surface area contributed by atoms with Gasteiger partial charge in [-0.3, -0.25) is 4.79 Å². The first-order valence-corrected chi connectivity index (χ1v) is 7.38. The minimum atomic E-state index is -0.00276. The molecule has 0 aliphatic heterocycles. The first kappa shape index (κ1) is 13.7. The van der Waals surface area contributed by atoms with Gasteiger partial charge in [0, 0.05) is 11.6 Å². The highest BCUT2D eigenvalue weighted by molar-refractivity contribution is 5.94. The van der Waals surface area contributed by atoms with Crippen molar-refractivity contribution in [3.05, 3.63) is 36.2 Å². The molecule has 0 bridgehead atoms. The number of rotatable bonds is 3. The highest BCUT2D eigenvalue weighted by atomic mass is 16.1. The summed E-state index contributed by atoms with van der Waals surface area (Å²) in [6.07, 6.45) is 6.28. The molecule has 1 fully saturated rings. The molecule has 0 saturated heterocycles. The van der Waals surface area contributed by atoms with Crippen LogP contribution >= 0.6 is 0 Å². The van der Waals surface area contributed by atoms with Crippen molar-refractivity contribution in [2.75, 3.05) is 0 Å². The number of amides is 1. The van der Waals surface area contributed by atoms with Gasteiger partial charge < -0.3 is 5.32 Å². The van der Waals surface area contributed by atoms with Gasteiger partial charge in [-0.15, -0.1) is 5.10 Å². The summed E-state index contributed by atoms with van der Waals surface area (Å²) in [5.41, 5.74) is 1.51. The second kappa shape index (κ2) is 6.03. The van der Waals surface area contributed by atoms with Gasteiger partial charge in [0.15, 0.2) is 0 Å². The number of carbonyl (C=O) groups excluding carboxylic acids is 1. The van der Waals surface area contributed by atoms with E-state index >= 15 is 0 Å². The summed E-state index contributed by atoms with van der Waals surface area (Å²) in [5.74, 6) is 0.556. The lowest BCUT2D eigenvalue weighted by atomic mass is 9.86. The number of nitrogens with one attached hydrogen (secondary N) is 1. The van der Waals surface area contributed by atoms with E-state index in [1.165, 1.54) is 25.6 Å². The van der Waals surface area contributed by atoms with E-state index in [-0.39, 0.29) is 5.91 Å². The van der Waals surface area contributed by atoms with Crippen molar-refractivity contribution in [2.45, 2.75) is 38.6 Å². The standard InChI is InChI=1S/C15H19N5O/c1-11-4-2-3-5-14(11)17-15(21)12-6-8-13(9-7-12)20-10-16-18-19-20/h6-11,14H,2-5H2,1H3,(H,17,21)/t11-,14-/m1/s1. The summed E-state index contributed by atoms with van der Waals surface area (Å²) >= 11 is 0. The predicted molar refractivity (Wildman–Crippen MR) is 78.0 cm³/mol. The SMILES string of the molecule is C[C@@H]1CCCC[C@H]1NC(=O)c1ccc(-n2cnnn2)cc1. The van der Waals surface area contributed by atoms with Crippen molar-refractivity contribution in [1.82, 2.24) is 25.5 Å². The fraction of sp³-hybridized carbons (Fsp3) is 0.467. The fourth-order valence-electron chi connectivity index (χ4n) is 2.83. The Balaban J connectivity index is 1.67. The Labute approximate surface area is 123 Å². The Morgan fingerprint density at radius 1 is 1.24 bits per heavy atom. The predicted octanol–water partition coefficient (Wildman–Crippen LogP) is 1.97. The second-order valence-electron chi connectivity index (χ2n) is 5.64. The Bertz CT molecular complexity index is 593. The van der Waals surface area contributed by atoms with E-state index in [0.29, 0.717) is 17.5 Å². The van der Waals surface area contributed by atoms with Crippen molar-refractivity contribution in [3.63, 3.8) is 0 Å². The minimum Gasteiger partial charge on any atom is -0.349 e. The van der Waals surface area contributed by atoms with Crippen LogP contribution in [0.1, 0.15) is 43.0 Å². The Morgan fingerprint density at radius 2 is 2.00 bits per heavy atom. The van der Waals surface area contributed by atoms with Crippen LogP contribution in [-0.4, -0.2) is 32.2 Å². The maximum absolute atomic E-state index is 12.3. The molecule has 1 N–H and O–H groups in total. The zero-order valence-electron chi connectivity index (χ0n) is 12.1. The maximum Gasteiger partial charge on any atom is 0.251 e. The summed E-state index contributed by atoms with van der Waals surface area (Å²) in [5, 5.41) is 14.2. The average molecular weight is 285 g/mol. The lowest BCUT2D eigenvalue weighted by molar-refractivity contribution is 0.0910. The molecule has 21 heavy (non-hydrogen) atoms. The number of nitrogens with zero attached hydrogens (tertiary/aromatic N) is 4. The molecule has 0 unspecified atom stereocenters. The van der Waals surface area contributed by atoms with Crippen LogP contribution in [-0.2, 0) is 0 Å². The van der Waals surface area contributed by atoms with E-state index in [1.54, 1.807) is 16.8 Å². The zero-order chi connectivity index (χ0) is 14.7. The molecule has 0 radical (unpaired) electrons. The normalized spacial score (nSPS) is 22.0. The first-order valence-electron chi connectivity index (χ1n) is 7.38. The van der Waals surface area contributed by atoms with Gasteiger partial charge >= 0.3 is 0 Å². The van der Waals surface area contributed by atoms with E-state index in [9.17, 15) is 4.79 Å². The number of tetrazole rings is 1. The monoisotopic (exact) mass is 285 g/mol. The van der Waals surface area contributed by atoms with Crippen LogP contribution in [0.3, 0.4) is 0 Å². The minimum absolute atomic E-state index is 0.00276. The molecule has 1 saturated carbocycles. The van der Waals surface area contributed by atoms with Gasteiger partial charge in [0.2, 0.25) is 0 Å². The number of carbonyl (C=O) groups is 1. The number of benzene rings is 1. The zero-order valence-corrected chi connectivity index (χ0v) is 12.1. The fourth-order valence-corrected chi connectivity index (χ4v) is 2.83. The summed E-state index contributed by atoms with van der Waals surface area (Å²) < 4.78 is 1.56. The molecule has 110 valence electrons. The van der Waals surface area contributed by atoms with Gasteiger partial charge in [-0.05, 0) is 53.5 Å². The third-order valence-corrected chi connectivity index (χ3v) is 4.17. The third kappa shape index (κ3) is 3.09. The molecule has 1 aromatic heterocycles. The summed E-state index contributed by atoms with van der Waals surface area (Å²) in [6.45, 7) is 2.21. The molecule has 2 aromatic rings. The molecule has 1 aliphatic carbocycles. The molecular weight excluding hydrogens is 266 g/mol. The van der Waals surface area contributed by atoms with E-state index in [1.807, 2.05) is 12.1 Å². The van der Waals surface area contributed by atoms with Gasteiger partial charge in [0.1, 0.15) is 6.33 Å². The molecule has 1 aromatic carbocycles. The summed E-state index contributed by atoms with van der Waals surface area (Å²) in [4.78, 5) is 12.3. The van der Waals surface area contributed by atoms with Crippen molar-refractivity contribution in [2.24, 2.45) is 5.92 Å². The van der Waals surface area contributed by atoms with Crippen LogP contribution < -0.4 is 5.32 Å². The second-order valence-corrected chi connectivity index (χ2v) is 5.64. The third-order valence-electron chi connectivity index (χ3n) is 4.17. The van der Waals surface area contributed by atoms with Crippen LogP contribution in [0.5, 0.6) is 0 Å². The van der Waals surface area contributed by atoms with Crippen LogP contribution in [0.4, 0.5) is 0 Å². The number of hydrogen-bond donors (Lipinski definition) is 1. The number of hydrogen-bond acceptors (Lipinski definition) is 4. The van der Waals surface area contributed by atoms with E-state index in [2.05, 4.69) is 27.8 Å². The highest BCUT2D eigenvalue weighted by Crippen LogP contribution is 2.24. The summed E-state index contributed by atoms with van der Waals surface area (Å²) in [6, 6.07) is 7.59. The van der Waals surface area contributed by atoms with Crippen LogP contribution in [0, 0.1) is 5.92 Å². The Kier molecular flexibility index (Phi) is 3.94. The summed E-state index contributed by atoms with van der Waals surface area (Å²) in [7, 11) is 0. The molecule has 1 heterocycles. The quantitative estimate of drug-likeness (QED) is 0.935. The molecule has 0 spiro atoms. The lowest BCUT2D eigenvalue weighted by Crippen LogP contribution is -2.41. The molecule has 2 atom stereocenters. The van der Waals surface area contributed by atoms with Gasteiger partial charge in [-0.25, -0.2) is 4.68 Å². The van der Waals surface area contributed by atoms with Gasteiger partial charge in [0.05, 0.1) is 5.69 Å². The molecule has 6 nitrogen and oxygen atoms in total. The Hall–Kier alpha value is -2.24. The van der Waals surface area contributed by atoms with Crippen molar-refractivity contribution in [1.29, 1.82) is 0 Å². The first-order chi connectivity index (χ1) is 10.2. The highest BCUT2D eigenvalue weighted by Gasteiger charge is 2.23. The van der Waals surface area contributed by atoms with Crippen molar-refractivity contribution < 1.29 is 4.79 Å². The molecule has 1 amide bonds. The average Bonchev–Trinajstić information content (AvgIpc) is 3.04. The van der Waals surface area contributed by atoms with Crippen LogP contribution in [0.15, 0.2) is 30.6 Å². The van der Waals surface area contributed by atoms with Crippen molar-refractivity contribution >= 4 is 5.91 Å². The Morgan fingerprint density at radius 3 is 2.67 bits per heavy atom. The molecule has 1 aliphatic rings. The lowest BCUT2D eigenvalue weighted by Gasteiger charge is -2.29. The van der Waals surface area contributed by atoms with E-state index in [0.717, 1.165) is 12.1 Å². The van der Waals surface area contributed by atoms with E-state index in [4.69, 9.17) is 0 Å². The largest absolute Gasteiger partial charge is 0.349 e. The van der Waals surface area contributed by atoms with Gasteiger partial charge in [-0.1, -0.05) is 19.8 Å². The smallest absolute Gasteiger partial charge is 0.251 e. The topological polar surface area (TPSA) is 72.7 Å². The van der Waals surface area contributed by atoms with Gasteiger partial charge in [0.25, 0.3) is 5.91 Å².